The molecule has 98 valence electrons. The Morgan fingerprint density at radius 1 is 1.42 bits per heavy atom. The topological polar surface area (TPSA) is 98.3 Å². The van der Waals surface area contributed by atoms with Crippen molar-refractivity contribution < 1.29 is 23.0 Å². The molecule has 0 aliphatic carbocycles. The van der Waals surface area contributed by atoms with Crippen LogP contribution in [0.15, 0.2) is 29.1 Å². The van der Waals surface area contributed by atoms with Gasteiger partial charge in [0.1, 0.15) is 23.3 Å². The first-order valence-corrected chi connectivity index (χ1v) is 4.84. The fourth-order valence-electron chi connectivity index (χ4n) is 1.35. The van der Waals surface area contributed by atoms with Crippen molar-refractivity contribution >= 4 is 17.3 Å². The predicted molar refractivity (Wildman–Crippen MR) is 57.5 cm³/mol. The number of carbonyl (C=O) groups excluding carboxylic acids is 1. The Balaban J connectivity index is 2.41. The summed E-state index contributed by atoms with van der Waals surface area (Å²) in [5, 5.41) is 15.9. The van der Waals surface area contributed by atoms with Gasteiger partial charge in [-0.15, -0.1) is 0 Å². The van der Waals surface area contributed by atoms with Crippen LogP contribution in [0.2, 0.25) is 0 Å². The second-order valence-corrected chi connectivity index (χ2v) is 3.38. The van der Waals surface area contributed by atoms with Gasteiger partial charge in [-0.3, -0.25) is 14.9 Å². The van der Waals surface area contributed by atoms with Gasteiger partial charge in [-0.1, -0.05) is 5.16 Å². The van der Waals surface area contributed by atoms with Crippen molar-refractivity contribution in [1.82, 2.24) is 5.16 Å². The zero-order valence-electron chi connectivity index (χ0n) is 9.09. The molecule has 0 atom stereocenters. The number of amides is 1. The van der Waals surface area contributed by atoms with E-state index in [2.05, 4.69) is 15.0 Å². The number of nitro groups is 1. The number of aromatic nitrogens is 1. The molecule has 7 nitrogen and oxygen atoms in total. The maximum Gasteiger partial charge on any atom is 0.305 e. The second-order valence-electron chi connectivity index (χ2n) is 3.38. The molecule has 2 aromatic rings. The predicted octanol–water partition coefficient (Wildman–Crippen LogP) is 2.11. The monoisotopic (exact) mass is 269 g/mol. The maximum absolute atomic E-state index is 13.7. The molecular weight excluding hydrogens is 264 g/mol. The fraction of sp³-hybridized carbons (Fsp3) is 0. The summed E-state index contributed by atoms with van der Waals surface area (Å²) >= 11 is 0. The van der Waals surface area contributed by atoms with Gasteiger partial charge in [0.25, 0.3) is 5.91 Å². The van der Waals surface area contributed by atoms with E-state index in [1.54, 1.807) is 0 Å². The third-order valence-electron chi connectivity index (χ3n) is 2.18. The lowest BCUT2D eigenvalue weighted by molar-refractivity contribution is -0.387. The normalized spacial score (nSPS) is 10.2. The lowest BCUT2D eigenvalue weighted by Crippen LogP contribution is -2.16. The molecule has 0 aliphatic heterocycles. The minimum Gasteiger partial charge on any atom is -0.363 e. The highest BCUT2D eigenvalue weighted by Crippen LogP contribution is 2.23. The van der Waals surface area contributed by atoms with Crippen LogP contribution in [0, 0.1) is 21.7 Å². The van der Waals surface area contributed by atoms with Crippen LogP contribution in [-0.4, -0.2) is 16.0 Å². The molecule has 0 radical (unpaired) electrons. The van der Waals surface area contributed by atoms with Crippen LogP contribution in [0.25, 0.3) is 0 Å². The zero-order valence-corrected chi connectivity index (χ0v) is 9.09. The van der Waals surface area contributed by atoms with Crippen LogP contribution >= 0.6 is 0 Å². The minimum absolute atomic E-state index is 0.0651. The summed E-state index contributed by atoms with van der Waals surface area (Å²) in [5.74, 6) is -3.93. The first-order chi connectivity index (χ1) is 9.00. The van der Waals surface area contributed by atoms with E-state index in [4.69, 9.17) is 0 Å². The summed E-state index contributed by atoms with van der Waals surface area (Å²) in [6.07, 6.45) is 2.14. The molecule has 0 unspecified atom stereocenters. The molecule has 0 saturated carbocycles. The summed E-state index contributed by atoms with van der Waals surface area (Å²) in [6.45, 7) is 0. The Labute approximate surface area is 104 Å². The summed E-state index contributed by atoms with van der Waals surface area (Å²) in [5.41, 5.74) is -1.97. The lowest BCUT2D eigenvalue weighted by atomic mass is 10.1. The van der Waals surface area contributed by atoms with Gasteiger partial charge >= 0.3 is 5.69 Å². The Kier molecular flexibility index (Phi) is 3.19. The van der Waals surface area contributed by atoms with E-state index in [-0.39, 0.29) is 5.69 Å². The van der Waals surface area contributed by atoms with E-state index in [0.29, 0.717) is 12.1 Å². The third kappa shape index (κ3) is 2.39. The molecule has 0 spiro atoms. The highest BCUT2D eigenvalue weighted by molar-refractivity contribution is 6.04. The number of nitro benzene ring substituents is 1. The van der Waals surface area contributed by atoms with E-state index < -0.39 is 33.7 Å². The maximum atomic E-state index is 13.7. The van der Waals surface area contributed by atoms with Crippen molar-refractivity contribution in [3.05, 3.63) is 51.9 Å². The smallest absolute Gasteiger partial charge is 0.305 e. The molecule has 0 aliphatic rings. The SMILES string of the molecule is O=C(Nc1cnoc1)c1c(F)ccc([N+](=O)[O-])c1F. The van der Waals surface area contributed by atoms with Crippen molar-refractivity contribution in [2.75, 3.05) is 5.32 Å². The molecular formula is C10H5F2N3O4. The molecule has 1 amide bonds. The van der Waals surface area contributed by atoms with Crippen LogP contribution < -0.4 is 5.32 Å². The number of halogens is 2. The van der Waals surface area contributed by atoms with Crippen molar-refractivity contribution in [3.8, 4) is 0 Å². The summed E-state index contributed by atoms with van der Waals surface area (Å²) in [6, 6.07) is 1.28. The quantitative estimate of drug-likeness (QED) is 0.679. The Morgan fingerprint density at radius 3 is 2.74 bits per heavy atom. The molecule has 0 fully saturated rings. The van der Waals surface area contributed by atoms with Crippen LogP contribution in [-0.2, 0) is 0 Å². The number of carbonyl (C=O) groups is 1. The van der Waals surface area contributed by atoms with Crippen LogP contribution in [0.4, 0.5) is 20.2 Å². The third-order valence-corrected chi connectivity index (χ3v) is 2.18. The fourth-order valence-corrected chi connectivity index (χ4v) is 1.35. The number of anilines is 1. The van der Waals surface area contributed by atoms with Gasteiger partial charge in [0.2, 0.25) is 5.82 Å². The highest BCUT2D eigenvalue weighted by Gasteiger charge is 2.26. The van der Waals surface area contributed by atoms with E-state index in [1.165, 1.54) is 0 Å². The molecule has 9 heteroatoms. The van der Waals surface area contributed by atoms with Gasteiger partial charge < -0.3 is 9.84 Å². The molecule has 19 heavy (non-hydrogen) atoms. The zero-order chi connectivity index (χ0) is 14.0. The Bertz CT molecular complexity index is 642. The average Bonchev–Trinajstić information content (AvgIpc) is 2.81. The molecule has 1 aromatic carbocycles. The van der Waals surface area contributed by atoms with Crippen LogP contribution in [0.5, 0.6) is 0 Å². The molecule has 1 aromatic heterocycles. The Hall–Kier alpha value is -2.84. The van der Waals surface area contributed by atoms with E-state index in [1.807, 2.05) is 0 Å². The number of nitrogens with one attached hydrogen (secondary N) is 1. The Morgan fingerprint density at radius 2 is 2.16 bits per heavy atom. The van der Waals surface area contributed by atoms with Gasteiger partial charge in [-0.2, -0.15) is 4.39 Å². The number of benzene rings is 1. The lowest BCUT2D eigenvalue weighted by Gasteiger charge is -2.05. The van der Waals surface area contributed by atoms with Crippen molar-refractivity contribution in [2.45, 2.75) is 0 Å². The van der Waals surface area contributed by atoms with Gasteiger partial charge in [-0.25, -0.2) is 4.39 Å². The number of hydrogen-bond donors (Lipinski definition) is 1. The summed E-state index contributed by atoms with van der Waals surface area (Å²) < 4.78 is 31.5. The standard InChI is InChI=1S/C10H5F2N3O4/c11-6-1-2-7(15(17)18)9(12)8(6)10(16)14-5-3-13-19-4-5/h1-4H,(H,14,16). The molecule has 1 heterocycles. The first-order valence-electron chi connectivity index (χ1n) is 4.84. The van der Waals surface area contributed by atoms with Gasteiger partial charge in [0.15, 0.2) is 0 Å². The van der Waals surface area contributed by atoms with Crippen molar-refractivity contribution in [3.63, 3.8) is 0 Å². The largest absolute Gasteiger partial charge is 0.363 e. The van der Waals surface area contributed by atoms with Crippen LogP contribution in [0.1, 0.15) is 10.4 Å². The summed E-state index contributed by atoms with van der Waals surface area (Å²) in [4.78, 5) is 21.1. The number of hydrogen-bond acceptors (Lipinski definition) is 5. The van der Waals surface area contributed by atoms with Crippen molar-refractivity contribution in [2.24, 2.45) is 0 Å². The van der Waals surface area contributed by atoms with E-state index in [0.717, 1.165) is 12.5 Å². The minimum atomic E-state index is -1.54. The molecule has 1 N–H and O–H groups in total. The van der Waals surface area contributed by atoms with Crippen LogP contribution in [0.3, 0.4) is 0 Å². The first kappa shape index (κ1) is 12.6. The average molecular weight is 269 g/mol. The molecule has 0 saturated heterocycles. The van der Waals surface area contributed by atoms with Gasteiger partial charge in [-0.05, 0) is 6.07 Å². The number of rotatable bonds is 3. The van der Waals surface area contributed by atoms with E-state index >= 15 is 0 Å². The molecule has 0 bridgehead atoms. The molecule has 2 rings (SSSR count). The summed E-state index contributed by atoms with van der Waals surface area (Å²) in [7, 11) is 0. The van der Waals surface area contributed by atoms with E-state index in [9.17, 15) is 23.7 Å². The highest BCUT2D eigenvalue weighted by atomic mass is 19.1. The second kappa shape index (κ2) is 4.80. The van der Waals surface area contributed by atoms with Gasteiger partial charge in [0, 0.05) is 6.07 Å². The van der Waals surface area contributed by atoms with Crippen molar-refractivity contribution in [1.29, 1.82) is 0 Å². The van der Waals surface area contributed by atoms with Gasteiger partial charge in [0.05, 0.1) is 11.1 Å². The number of nitrogens with zero attached hydrogens (tertiary/aromatic N) is 2.